The number of imide groups is 1. The average Bonchev–Trinajstić information content (AvgIpc) is 3.05. The van der Waals surface area contributed by atoms with E-state index in [0.29, 0.717) is 5.69 Å². The van der Waals surface area contributed by atoms with Gasteiger partial charge >= 0.3 is 0 Å². The summed E-state index contributed by atoms with van der Waals surface area (Å²) in [6.45, 7) is 0. The van der Waals surface area contributed by atoms with E-state index in [2.05, 4.69) is 36.8 Å². The number of carbonyl (C=O) groups excluding carboxylic acids is 2. The van der Waals surface area contributed by atoms with Gasteiger partial charge in [0, 0.05) is 15.9 Å². The molecule has 104 valence electrons. The number of pyridine rings is 1. The monoisotopic (exact) mass is 398 g/mol. The van der Waals surface area contributed by atoms with Gasteiger partial charge in [0.2, 0.25) is 11.8 Å². The van der Waals surface area contributed by atoms with E-state index in [0.717, 1.165) is 6.42 Å². The second kappa shape index (κ2) is 4.37. The van der Waals surface area contributed by atoms with Crippen LogP contribution >= 0.6 is 31.9 Å². The molecule has 0 N–H and O–H groups in total. The summed E-state index contributed by atoms with van der Waals surface area (Å²) < 4.78 is 0. The number of nitrogens with zero attached hydrogens (tertiary/aromatic N) is 2. The van der Waals surface area contributed by atoms with E-state index in [1.54, 1.807) is 24.5 Å². The molecule has 3 aliphatic rings. The third kappa shape index (κ3) is 1.49. The third-order valence-electron chi connectivity index (χ3n) is 4.89. The second-order valence-electron chi connectivity index (χ2n) is 5.73. The number of hydrogen-bond acceptors (Lipinski definition) is 3. The lowest BCUT2D eigenvalue weighted by Crippen LogP contribution is -2.37. The molecule has 2 heterocycles. The van der Waals surface area contributed by atoms with E-state index in [-0.39, 0.29) is 45.1 Å². The van der Waals surface area contributed by atoms with Crippen molar-refractivity contribution in [3.05, 3.63) is 24.5 Å². The molecule has 0 spiro atoms. The summed E-state index contributed by atoms with van der Waals surface area (Å²) in [5.41, 5.74) is 0.591. The molecule has 1 aromatic heterocycles. The van der Waals surface area contributed by atoms with Crippen molar-refractivity contribution in [2.75, 3.05) is 4.90 Å². The normalized spacial score (nSPS) is 42.4. The van der Waals surface area contributed by atoms with Crippen molar-refractivity contribution >= 4 is 49.4 Å². The number of anilines is 1. The van der Waals surface area contributed by atoms with Gasteiger partial charge in [0.05, 0.1) is 23.7 Å². The van der Waals surface area contributed by atoms with Crippen LogP contribution in [-0.4, -0.2) is 26.5 Å². The van der Waals surface area contributed by atoms with Gasteiger partial charge in [-0.15, -0.1) is 0 Å². The zero-order chi connectivity index (χ0) is 14.0. The summed E-state index contributed by atoms with van der Waals surface area (Å²) in [6, 6.07) is 3.52. The molecule has 20 heavy (non-hydrogen) atoms. The van der Waals surface area contributed by atoms with Gasteiger partial charge in [-0.3, -0.25) is 14.6 Å². The summed E-state index contributed by atoms with van der Waals surface area (Å²) in [4.78, 5) is 31.3. The quantitative estimate of drug-likeness (QED) is 0.538. The summed E-state index contributed by atoms with van der Waals surface area (Å²) >= 11 is 7.36. The van der Waals surface area contributed by atoms with Gasteiger partial charge in [-0.25, -0.2) is 4.90 Å². The van der Waals surface area contributed by atoms with E-state index in [4.69, 9.17) is 0 Å². The van der Waals surface area contributed by atoms with Crippen molar-refractivity contribution < 1.29 is 9.59 Å². The van der Waals surface area contributed by atoms with Crippen molar-refractivity contribution in [3.63, 3.8) is 0 Å². The fourth-order valence-corrected chi connectivity index (χ4v) is 5.96. The van der Waals surface area contributed by atoms with E-state index in [1.165, 1.54) is 4.90 Å². The Morgan fingerprint density at radius 1 is 1.10 bits per heavy atom. The Morgan fingerprint density at radius 3 is 2.20 bits per heavy atom. The zero-order valence-electron chi connectivity index (χ0n) is 10.4. The molecule has 1 aromatic rings. The maximum Gasteiger partial charge on any atom is 0.238 e. The smallest absolute Gasteiger partial charge is 0.238 e. The molecule has 2 saturated carbocycles. The number of amides is 2. The summed E-state index contributed by atoms with van der Waals surface area (Å²) in [6.07, 6.45) is 4.18. The molecule has 0 radical (unpaired) electrons. The van der Waals surface area contributed by atoms with Gasteiger partial charge in [0.25, 0.3) is 0 Å². The Kier molecular flexibility index (Phi) is 2.83. The summed E-state index contributed by atoms with van der Waals surface area (Å²) in [7, 11) is 0. The highest BCUT2D eigenvalue weighted by Gasteiger charge is 2.66. The molecule has 0 unspecified atom stereocenters. The Morgan fingerprint density at radius 2 is 1.70 bits per heavy atom. The zero-order valence-corrected chi connectivity index (χ0v) is 13.6. The minimum atomic E-state index is -0.161. The number of halogens is 2. The topological polar surface area (TPSA) is 50.3 Å². The van der Waals surface area contributed by atoms with E-state index < -0.39 is 0 Å². The molecule has 2 amide bonds. The SMILES string of the molecule is O=C1[C@H]2[C@@H]3C[C@H]([C@@H](Br)[C@H]3Br)[C@@H]2C(=O)N1c1cccnc1. The first-order valence-electron chi connectivity index (χ1n) is 6.67. The van der Waals surface area contributed by atoms with E-state index in [9.17, 15) is 9.59 Å². The van der Waals surface area contributed by atoms with E-state index >= 15 is 0 Å². The summed E-state index contributed by atoms with van der Waals surface area (Å²) in [5.74, 6) is 0.0884. The van der Waals surface area contributed by atoms with Crippen molar-refractivity contribution in [2.24, 2.45) is 23.7 Å². The van der Waals surface area contributed by atoms with Gasteiger partial charge < -0.3 is 0 Å². The predicted octanol–water partition coefficient (Wildman–Crippen LogP) is 2.36. The van der Waals surface area contributed by atoms with Crippen LogP contribution in [0, 0.1) is 23.7 Å². The Balaban J connectivity index is 1.75. The number of aromatic nitrogens is 1. The number of carbonyl (C=O) groups is 2. The van der Waals surface area contributed by atoms with Crippen LogP contribution in [0.4, 0.5) is 5.69 Å². The maximum absolute atomic E-state index is 12.7. The van der Waals surface area contributed by atoms with Gasteiger partial charge in [-0.2, -0.15) is 0 Å². The number of alkyl halides is 2. The molecule has 1 aliphatic heterocycles. The van der Waals surface area contributed by atoms with Crippen molar-refractivity contribution in [3.8, 4) is 0 Å². The largest absolute Gasteiger partial charge is 0.274 e. The molecular weight excluding hydrogens is 388 g/mol. The number of fused-ring (bicyclic) bond motifs is 5. The van der Waals surface area contributed by atoms with Crippen LogP contribution in [0.25, 0.3) is 0 Å². The van der Waals surface area contributed by atoms with Crippen molar-refractivity contribution in [1.82, 2.24) is 4.98 Å². The standard InChI is InChI=1S/C14H12Br2N2O2/c15-11-7-4-8(12(11)16)10-9(7)13(19)18(14(10)20)6-2-1-3-17-5-6/h1-3,5,7-12H,4H2/t7-,8-,9-,10-,11-,12+/m0/s1. The average molecular weight is 400 g/mol. The van der Waals surface area contributed by atoms with Gasteiger partial charge in [-0.05, 0) is 30.4 Å². The predicted molar refractivity (Wildman–Crippen MR) is 80.7 cm³/mol. The first-order chi connectivity index (χ1) is 9.61. The molecule has 1 saturated heterocycles. The molecule has 6 atom stereocenters. The maximum atomic E-state index is 12.7. The lowest BCUT2D eigenvalue weighted by molar-refractivity contribution is -0.123. The fraction of sp³-hybridized carbons (Fsp3) is 0.500. The third-order valence-corrected chi connectivity index (χ3v) is 8.10. The lowest BCUT2D eigenvalue weighted by atomic mass is 9.81. The highest BCUT2D eigenvalue weighted by Crippen LogP contribution is 2.60. The molecular formula is C14H12Br2N2O2. The minimum absolute atomic E-state index is 0.0515. The second-order valence-corrected chi connectivity index (χ2v) is 7.84. The molecule has 0 aromatic carbocycles. The van der Waals surface area contributed by atoms with Gasteiger partial charge in [0.15, 0.2) is 0 Å². The molecule has 3 fully saturated rings. The molecule has 6 heteroatoms. The highest BCUT2D eigenvalue weighted by molar-refractivity contribution is 9.12. The lowest BCUT2D eigenvalue weighted by Gasteiger charge is -2.28. The van der Waals surface area contributed by atoms with Crippen LogP contribution < -0.4 is 4.90 Å². The van der Waals surface area contributed by atoms with Crippen molar-refractivity contribution in [1.29, 1.82) is 0 Å². The van der Waals surface area contributed by atoms with Gasteiger partial charge in [0.1, 0.15) is 0 Å². The fourth-order valence-electron chi connectivity index (χ4n) is 4.09. The van der Waals surface area contributed by atoms with Crippen LogP contribution in [-0.2, 0) is 9.59 Å². The Hall–Kier alpha value is -0.750. The minimum Gasteiger partial charge on any atom is -0.274 e. The first-order valence-corrected chi connectivity index (χ1v) is 8.50. The Bertz CT molecular complexity index is 562. The van der Waals surface area contributed by atoms with Crippen LogP contribution in [0.3, 0.4) is 0 Å². The number of rotatable bonds is 1. The molecule has 4 nitrogen and oxygen atoms in total. The number of hydrogen-bond donors (Lipinski definition) is 0. The van der Waals surface area contributed by atoms with Crippen LogP contribution in [0.1, 0.15) is 6.42 Å². The van der Waals surface area contributed by atoms with Crippen molar-refractivity contribution in [2.45, 2.75) is 16.1 Å². The van der Waals surface area contributed by atoms with Gasteiger partial charge in [-0.1, -0.05) is 31.9 Å². The molecule has 2 bridgehead atoms. The molecule has 2 aliphatic carbocycles. The van der Waals surface area contributed by atoms with Crippen LogP contribution in [0.2, 0.25) is 0 Å². The van der Waals surface area contributed by atoms with Crippen LogP contribution in [0.15, 0.2) is 24.5 Å². The highest BCUT2D eigenvalue weighted by atomic mass is 79.9. The summed E-state index contributed by atoms with van der Waals surface area (Å²) in [5, 5.41) is 0. The first kappa shape index (κ1) is 13.0. The molecule has 4 rings (SSSR count). The Labute approximate surface area is 133 Å². The van der Waals surface area contributed by atoms with E-state index in [1.807, 2.05) is 0 Å². The van der Waals surface area contributed by atoms with Crippen LogP contribution in [0.5, 0.6) is 0 Å².